The lowest BCUT2D eigenvalue weighted by molar-refractivity contribution is 0.201. The molecule has 1 rings (SSSR count). The van der Waals surface area contributed by atoms with E-state index in [0.717, 1.165) is 5.75 Å². The van der Waals surface area contributed by atoms with E-state index in [0.29, 0.717) is 11.6 Å². The van der Waals surface area contributed by atoms with Gasteiger partial charge in [-0.15, -0.1) is 0 Å². The zero-order valence-corrected chi connectivity index (χ0v) is 9.78. The molecule has 0 aromatic heterocycles. The van der Waals surface area contributed by atoms with Crippen LogP contribution in [-0.4, -0.2) is 31.3 Å². The fraction of sp³-hybridized carbons (Fsp3) is 0.250. The maximum atomic E-state index is 8.97. The van der Waals surface area contributed by atoms with Gasteiger partial charge in [0.15, 0.2) is 0 Å². The Bertz CT molecular complexity index is 383. The Kier molecular flexibility index (Phi) is 7.02. The van der Waals surface area contributed by atoms with Crippen LogP contribution in [-0.2, 0) is 10.3 Å². The largest absolute Gasteiger partial charge is 0.491 e. The molecule has 0 aliphatic carbocycles. The first kappa shape index (κ1) is 15.1. The Morgan fingerprint density at radius 2 is 1.75 bits per heavy atom. The van der Waals surface area contributed by atoms with Crippen LogP contribution in [0.25, 0.3) is 0 Å². The lowest BCUT2D eigenvalue weighted by atomic mass is 10.3. The second-order valence-electron chi connectivity index (χ2n) is 2.54. The van der Waals surface area contributed by atoms with Crippen LogP contribution in [0.15, 0.2) is 24.3 Å². The number of nitrogens with two attached hydrogens (primary N) is 1. The fourth-order valence-electron chi connectivity index (χ4n) is 0.694. The first-order valence-electron chi connectivity index (χ1n) is 4.07. The molecule has 1 aromatic carbocycles. The number of hydrogen-bond donors (Lipinski definition) is 3. The molecule has 0 atom stereocenters. The molecule has 0 saturated carbocycles. The second kappa shape index (κ2) is 7.42. The summed E-state index contributed by atoms with van der Waals surface area (Å²) in [4.78, 5) is 0. The van der Waals surface area contributed by atoms with Crippen molar-refractivity contribution < 1.29 is 22.8 Å². The van der Waals surface area contributed by atoms with Gasteiger partial charge in [0.25, 0.3) is 0 Å². The van der Waals surface area contributed by atoms with Crippen molar-refractivity contribution in [2.24, 2.45) is 5.14 Å². The van der Waals surface area contributed by atoms with Gasteiger partial charge in [-0.25, -0.2) is 5.14 Å². The van der Waals surface area contributed by atoms with Crippen molar-refractivity contribution in [1.29, 1.82) is 0 Å². The van der Waals surface area contributed by atoms with E-state index in [1.165, 1.54) is 0 Å². The number of benzene rings is 1. The predicted octanol–water partition coefficient (Wildman–Crippen LogP) is 0.459. The molecule has 4 N–H and O–H groups in total. The van der Waals surface area contributed by atoms with Crippen molar-refractivity contribution in [2.75, 3.05) is 13.2 Å². The smallest absolute Gasteiger partial charge is 0.330 e. The monoisotopic (exact) mass is 269 g/mol. The number of halogens is 1. The highest BCUT2D eigenvalue weighted by Crippen LogP contribution is 2.14. The molecule has 8 heteroatoms. The van der Waals surface area contributed by atoms with Crippen LogP contribution < -0.4 is 9.88 Å². The van der Waals surface area contributed by atoms with E-state index < -0.39 is 10.3 Å². The van der Waals surface area contributed by atoms with E-state index in [2.05, 4.69) is 5.14 Å². The van der Waals surface area contributed by atoms with E-state index in [9.17, 15) is 0 Å². The molecule has 0 radical (unpaired) electrons. The molecule has 1 aromatic rings. The van der Waals surface area contributed by atoms with Crippen LogP contribution in [0.1, 0.15) is 0 Å². The quantitative estimate of drug-likeness (QED) is 0.691. The van der Waals surface area contributed by atoms with Crippen molar-refractivity contribution in [3.05, 3.63) is 29.3 Å². The van der Waals surface area contributed by atoms with E-state index in [4.69, 9.17) is 34.4 Å². The lowest BCUT2D eigenvalue weighted by Crippen LogP contribution is -2.08. The summed E-state index contributed by atoms with van der Waals surface area (Å²) in [6, 6.07) is 7.01. The van der Waals surface area contributed by atoms with Crippen LogP contribution in [0, 0.1) is 0 Å². The number of aliphatic hydroxyl groups excluding tert-OH is 1. The lowest BCUT2D eigenvalue weighted by Gasteiger charge is -2.02. The molecule has 0 bridgehead atoms. The minimum Gasteiger partial charge on any atom is -0.491 e. The summed E-state index contributed by atoms with van der Waals surface area (Å²) < 4.78 is 30.3. The Hall–Kier alpha value is -0.860. The molecule has 0 amide bonds. The van der Waals surface area contributed by atoms with Gasteiger partial charge in [-0.1, -0.05) is 11.6 Å². The summed E-state index contributed by atoms with van der Waals surface area (Å²) in [6.07, 6.45) is 0. The third kappa shape index (κ3) is 11.2. The van der Waals surface area contributed by atoms with E-state index in [1.54, 1.807) is 24.3 Å². The van der Waals surface area contributed by atoms with E-state index in [1.807, 2.05) is 0 Å². The average Bonchev–Trinajstić information content (AvgIpc) is 2.14. The highest BCUT2D eigenvalue weighted by Gasteiger charge is 1.91. The molecular formula is C8H12ClNO5S. The third-order valence-corrected chi connectivity index (χ3v) is 1.43. The minimum atomic E-state index is -4.17. The van der Waals surface area contributed by atoms with Crippen molar-refractivity contribution in [3.63, 3.8) is 0 Å². The van der Waals surface area contributed by atoms with Gasteiger partial charge in [0.1, 0.15) is 12.4 Å². The Morgan fingerprint density at radius 1 is 1.31 bits per heavy atom. The zero-order chi connectivity index (χ0) is 12.6. The normalized spacial score (nSPS) is 10.2. The molecular weight excluding hydrogens is 258 g/mol. The van der Waals surface area contributed by atoms with Crippen molar-refractivity contribution >= 4 is 21.9 Å². The van der Waals surface area contributed by atoms with Gasteiger partial charge >= 0.3 is 10.3 Å². The minimum absolute atomic E-state index is 0.0304. The Labute approximate surface area is 98.5 Å². The van der Waals surface area contributed by atoms with Gasteiger partial charge in [0, 0.05) is 5.02 Å². The van der Waals surface area contributed by atoms with Crippen LogP contribution in [0.5, 0.6) is 5.75 Å². The molecule has 6 nitrogen and oxygen atoms in total. The van der Waals surface area contributed by atoms with E-state index >= 15 is 0 Å². The van der Waals surface area contributed by atoms with Crippen molar-refractivity contribution in [1.82, 2.24) is 0 Å². The fourth-order valence-corrected chi connectivity index (χ4v) is 0.820. The molecule has 0 saturated heterocycles. The average molecular weight is 270 g/mol. The van der Waals surface area contributed by atoms with Gasteiger partial charge in [-0.3, -0.25) is 4.55 Å². The first-order chi connectivity index (χ1) is 7.33. The maximum Gasteiger partial charge on any atom is 0.330 e. The molecule has 0 fully saturated rings. The predicted molar refractivity (Wildman–Crippen MR) is 59.8 cm³/mol. The Morgan fingerprint density at radius 3 is 2.12 bits per heavy atom. The molecule has 0 spiro atoms. The summed E-state index contributed by atoms with van der Waals surface area (Å²) in [5, 5.41) is 13.0. The molecule has 0 aliphatic heterocycles. The molecule has 0 heterocycles. The van der Waals surface area contributed by atoms with Gasteiger partial charge in [0.05, 0.1) is 6.61 Å². The Balaban J connectivity index is 0.000000385. The van der Waals surface area contributed by atoms with E-state index in [-0.39, 0.29) is 6.61 Å². The maximum absolute atomic E-state index is 8.97. The van der Waals surface area contributed by atoms with Crippen LogP contribution in [0.4, 0.5) is 0 Å². The van der Waals surface area contributed by atoms with Gasteiger partial charge in [0.2, 0.25) is 0 Å². The third-order valence-electron chi connectivity index (χ3n) is 1.17. The molecule has 0 unspecified atom stereocenters. The van der Waals surface area contributed by atoms with Gasteiger partial charge in [-0.05, 0) is 24.3 Å². The van der Waals surface area contributed by atoms with Crippen LogP contribution >= 0.6 is 11.6 Å². The standard InChI is InChI=1S/C8H9ClO2.H3NO3S/c9-7-1-3-8(4-2-7)11-6-5-10;1-5(2,3)4/h1-4,10H,5-6H2;(H3,1,2,3,4). The molecule has 16 heavy (non-hydrogen) atoms. The van der Waals surface area contributed by atoms with Gasteiger partial charge < -0.3 is 9.84 Å². The van der Waals surface area contributed by atoms with Gasteiger partial charge in [-0.2, -0.15) is 8.42 Å². The SMILES string of the molecule is NS(=O)(=O)O.OCCOc1ccc(Cl)cc1. The second-order valence-corrected chi connectivity index (χ2v) is 4.01. The summed E-state index contributed by atoms with van der Waals surface area (Å²) in [5.74, 6) is 0.725. The summed E-state index contributed by atoms with van der Waals surface area (Å²) in [7, 11) is -4.17. The zero-order valence-electron chi connectivity index (χ0n) is 8.21. The van der Waals surface area contributed by atoms with Crippen molar-refractivity contribution in [2.45, 2.75) is 0 Å². The number of hydrogen-bond acceptors (Lipinski definition) is 4. The highest BCUT2D eigenvalue weighted by molar-refractivity contribution is 7.83. The highest BCUT2D eigenvalue weighted by atomic mass is 35.5. The topological polar surface area (TPSA) is 110 Å². The summed E-state index contributed by atoms with van der Waals surface area (Å²) in [5.41, 5.74) is 0. The number of ether oxygens (including phenoxy) is 1. The number of aliphatic hydroxyl groups is 1. The first-order valence-corrected chi connectivity index (χ1v) is 5.95. The summed E-state index contributed by atoms with van der Waals surface area (Å²) >= 11 is 5.64. The summed E-state index contributed by atoms with van der Waals surface area (Å²) in [6.45, 7) is 0.351. The van der Waals surface area contributed by atoms with Crippen LogP contribution in [0.3, 0.4) is 0 Å². The van der Waals surface area contributed by atoms with Crippen molar-refractivity contribution in [3.8, 4) is 5.75 Å². The molecule has 0 aliphatic rings. The van der Waals surface area contributed by atoms with Crippen LogP contribution in [0.2, 0.25) is 5.02 Å². The molecule has 92 valence electrons. The number of rotatable bonds is 3.